The molecule has 1 aliphatic heterocycles. The van der Waals surface area contributed by atoms with E-state index in [1.54, 1.807) is 25.1 Å². The predicted molar refractivity (Wildman–Crippen MR) is 75.1 cm³/mol. The van der Waals surface area contributed by atoms with Gasteiger partial charge < -0.3 is 14.9 Å². The van der Waals surface area contributed by atoms with Gasteiger partial charge in [0.15, 0.2) is 0 Å². The number of halogens is 3. The smallest absolute Gasteiger partial charge is 0.394 e. The molecule has 1 aliphatic rings. The molecule has 0 saturated carbocycles. The monoisotopic (exact) mass is 331 g/mol. The number of alkyl halides is 3. The van der Waals surface area contributed by atoms with E-state index in [0.717, 1.165) is 4.90 Å². The fourth-order valence-corrected chi connectivity index (χ4v) is 2.66. The topological polar surface area (TPSA) is 73.7 Å². The molecule has 23 heavy (non-hydrogen) atoms. The molecule has 0 aromatic carbocycles. The maximum Gasteiger partial charge on any atom is 0.394 e. The molecule has 1 fully saturated rings. The molecule has 0 spiro atoms. The number of aliphatic carboxylic acids is 1. The summed E-state index contributed by atoms with van der Waals surface area (Å²) in [6.07, 6.45) is -1.93. The SMILES string of the molecule is CN(C)c1ccncc1C(=O)N1C[C@@H](C(F)(F)F)[C@H](C(=O)O)C1. The van der Waals surface area contributed by atoms with Gasteiger partial charge in [-0.15, -0.1) is 0 Å². The molecule has 9 heteroatoms. The Kier molecular flexibility index (Phi) is 4.49. The molecule has 0 unspecified atom stereocenters. The Balaban J connectivity index is 2.30. The average Bonchev–Trinajstić information content (AvgIpc) is 2.92. The first-order chi connectivity index (χ1) is 10.6. The van der Waals surface area contributed by atoms with Gasteiger partial charge in [0.1, 0.15) is 0 Å². The van der Waals surface area contributed by atoms with Crippen molar-refractivity contribution in [1.29, 1.82) is 0 Å². The van der Waals surface area contributed by atoms with Crippen LogP contribution in [0.25, 0.3) is 0 Å². The highest BCUT2D eigenvalue weighted by atomic mass is 19.4. The number of anilines is 1. The second kappa shape index (κ2) is 6.05. The summed E-state index contributed by atoms with van der Waals surface area (Å²) < 4.78 is 39.0. The Bertz CT molecular complexity index is 619. The van der Waals surface area contributed by atoms with Crippen molar-refractivity contribution in [2.45, 2.75) is 6.18 Å². The molecule has 126 valence electrons. The minimum atomic E-state index is -4.67. The summed E-state index contributed by atoms with van der Waals surface area (Å²) in [5.74, 6) is -5.93. The number of aromatic nitrogens is 1. The minimum Gasteiger partial charge on any atom is -0.481 e. The van der Waals surface area contributed by atoms with Gasteiger partial charge in [-0.05, 0) is 6.07 Å². The molecule has 1 aromatic rings. The highest BCUT2D eigenvalue weighted by molar-refractivity contribution is 5.99. The van der Waals surface area contributed by atoms with E-state index in [2.05, 4.69) is 4.98 Å². The van der Waals surface area contributed by atoms with Gasteiger partial charge in [0.2, 0.25) is 0 Å². The maximum atomic E-state index is 13.0. The fraction of sp³-hybridized carbons (Fsp3) is 0.500. The van der Waals surface area contributed by atoms with Gasteiger partial charge in [-0.25, -0.2) is 0 Å². The Hall–Kier alpha value is -2.32. The summed E-state index contributed by atoms with van der Waals surface area (Å²) in [7, 11) is 3.38. The summed E-state index contributed by atoms with van der Waals surface area (Å²) >= 11 is 0. The fourth-order valence-electron chi connectivity index (χ4n) is 2.66. The van der Waals surface area contributed by atoms with Gasteiger partial charge in [-0.1, -0.05) is 0 Å². The number of amides is 1. The second-order valence-corrected chi connectivity index (χ2v) is 5.59. The van der Waals surface area contributed by atoms with Crippen molar-refractivity contribution >= 4 is 17.6 Å². The van der Waals surface area contributed by atoms with Crippen LogP contribution in [0.15, 0.2) is 18.5 Å². The van der Waals surface area contributed by atoms with Gasteiger partial charge in [-0.2, -0.15) is 13.2 Å². The largest absolute Gasteiger partial charge is 0.481 e. The number of nitrogens with zero attached hydrogens (tertiary/aromatic N) is 3. The third kappa shape index (κ3) is 3.38. The molecular formula is C14H16F3N3O3. The van der Waals surface area contributed by atoms with Crippen LogP contribution in [-0.4, -0.2) is 60.2 Å². The molecule has 1 aromatic heterocycles. The van der Waals surface area contributed by atoms with Crippen LogP contribution in [0.4, 0.5) is 18.9 Å². The Morgan fingerprint density at radius 2 is 2.00 bits per heavy atom. The van der Waals surface area contributed by atoms with E-state index in [1.165, 1.54) is 12.4 Å². The van der Waals surface area contributed by atoms with E-state index in [0.29, 0.717) is 5.69 Å². The van der Waals surface area contributed by atoms with Gasteiger partial charge in [-0.3, -0.25) is 14.6 Å². The van der Waals surface area contributed by atoms with E-state index < -0.39 is 43.0 Å². The Morgan fingerprint density at radius 1 is 1.35 bits per heavy atom. The quantitative estimate of drug-likeness (QED) is 0.908. The van der Waals surface area contributed by atoms with Gasteiger partial charge in [0, 0.05) is 39.6 Å². The molecule has 2 heterocycles. The standard InChI is InChI=1S/C14H16F3N3O3/c1-19(2)11-3-4-18-5-8(11)12(21)20-6-9(13(22)23)10(7-20)14(15,16)17/h3-5,9-10H,6-7H2,1-2H3,(H,22,23)/t9-,10-/m1/s1. The van der Waals surface area contributed by atoms with Crippen molar-refractivity contribution in [3.63, 3.8) is 0 Å². The number of pyridine rings is 1. The van der Waals surface area contributed by atoms with E-state index in [4.69, 9.17) is 5.11 Å². The molecule has 2 atom stereocenters. The summed E-state index contributed by atoms with van der Waals surface area (Å²) in [6.45, 7) is -1.14. The van der Waals surface area contributed by atoms with Crippen LogP contribution in [0.1, 0.15) is 10.4 Å². The van der Waals surface area contributed by atoms with E-state index in [1.807, 2.05) is 0 Å². The maximum absolute atomic E-state index is 13.0. The third-order valence-electron chi connectivity index (χ3n) is 3.85. The third-order valence-corrected chi connectivity index (χ3v) is 3.85. The first-order valence-corrected chi connectivity index (χ1v) is 6.83. The summed E-state index contributed by atoms with van der Waals surface area (Å²) in [4.78, 5) is 30.0. The zero-order valence-electron chi connectivity index (χ0n) is 12.5. The van der Waals surface area contributed by atoms with Crippen LogP contribution in [0.5, 0.6) is 0 Å². The zero-order valence-corrected chi connectivity index (χ0v) is 12.5. The molecule has 1 saturated heterocycles. The van der Waals surface area contributed by atoms with Crippen LogP contribution in [0, 0.1) is 11.8 Å². The summed E-state index contributed by atoms with van der Waals surface area (Å²) in [5.41, 5.74) is 0.650. The molecule has 0 bridgehead atoms. The van der Waals surface area contributed by atoms with E-state index >= 15 is 0 Å². The van der Waals surface area contributed by atoms with Crippen molar-refractivity contribution < 1.29 is 27.9 Å². The molecule has 1 N–H and O–H groups in total. The molecule has 2 rings (SSSR count). The summed E-state index contributed by atoms with van der Waals surface area (Å²) in [5, 5.41) is 9.00. The highest BCUT2D eigenvalue weighted by Gasteiger charge is 2.53. The molecule has 6 nitrogen and oxygen atoms in total. The average molecular weight is 331 g/mol. The van der Waals surface area contributed by atoms with Crippen LogP contribution < -0.4 is 4.90 Å². The van der Waals surface area contributed by atoms with Crippen molar-refractivity contribution in [1.82, 2.24) is 9.88 Å². The molecule has 1 amide bonds. The number of likely N-dealkylation sites (tertiary alicyclic amines) is 1. The van der Waals surface area contributed by atoms with E-state index in [9.17, 15) is 22.8 Å². The van der Waals surface area contributed by atoms with Crippen molar-refractivity contribution in [2.24, 2.45) is 11.8 Å². The minimum absolute atomic E-state index is 0.143. The normalized spacial score (nSPS) is 21.3. The number of carboxylic acid groups (broad SMARTS) is 1. The van der Waals surface area contributed by atoms with Crippen molar-refractivity contribution in [3.05, 3.63) is 24.0 Å². The molecule has 0 aliphatic carbocycles. The second-order valence-electron chi connectivity index (χ2n) is 5.59. The summed E-state index contributed by atoms with van der Waals surface area (Å²) in [6, 6.07) is 1.57. The lowest BCUT2D eigenvalue weighted by Gasteiger charge is -2.21. The lowest BCUT2D eigenvalue weighted by molar-refractivity contribution is -0.187. The van der Waals surface area contributed by atoms with Crippen LogP contribution in [0.2, 0.25) is 0 Å². The lowest BCUT2D eigenvalue weighted by Crippen LogP contribution is -2.34. The van der Waals surface area contributed by atoms with Crippen molar-refractivity contribution in [3.8, 4) is 0 Å². The lowest BCUT2D eigenvalue weighted by atomic mass is 9.96. The highest BCUT2D eigenvalue weighted by Crippen LogP contribution is 2.38. The van der Waals surface area contributed by atoms with Gasteiger partial charge in [0.05, 0.1) is 23.1 Å². The number of rotatable bonds is 3. The number of carboxylic acids is 1. The zero-order chi connectivity index (χ0) is 17.4. The predicted octanol–water partition coefficient (Wildman–Crippen LogP) is 1.48. The number of carbonyl (C=O) groups is 2. The van der Waals surface area contributed by atoms with Crippen LogP contribution in [0.3, 0.4) is 0 Å². The molecular weight excluding hydrogens is 315 g/mol. The number of hydrogen-bond donors (Lipinski definition) is 1. The Labute approximate surface area is 130 Å². The van der Waals surface area contributed by atoms with Crippen molar-refractivity contribution in [2.75, 3.05) is 32.1 Å². The number of hydrogen-bond acceptors (Lipinski definition) is 4. The first-order valence-electron chi connectivity index (χ1n) is 6.83. The van der Waals surface area contributed by atoms with Gasteiger partial charge in [0.25, 0.3) is 5.91 Å². The van der Waals surface area contributed by atoms with E-state index in [-0.39, 0.29) is 5.56 Å². The first kappa shape index (κ1) is 17.0. The Morgan fingerprint density at radius 3 is 2.48 bits per heavy atom. The van der Waals surface area contributed by atoms with Crippen LogP contribution in [-0.2, 0) is 4.79 Å². The number of carbonyl (C=O) groups excluding carboxylic acids is 1. The van der Waals surface area contributed by atoms with Crippen LogP contribution >= 0.6 is 0 Å². The van der Waals surface area contributed by atoms with Gasteiger partial charge >= 0.3 is 12.1 Å². The molecule has 0 radical (unpaired) electrons.